The number of thioether (sulfide) groups is 1. The minimum Gasteiger partial charge on any atom is -0.335 e. The van der Waals surface area contributed by atoms with Gasteiger partial charge in [0.1, 0.15) is 5.69 Å². The number of hydrogen-bond acceptors (Lipinski definition) is 3. The van der Waals surface area contributed by atoms with Gasteiger partial charge < -0.3 is 4.90 Å². The molecule has 1 aromatic heterocycles. The Morgan fingerprint density at radius 3 is 2.39 bits per heavy atom. The molecule has 0 unspecified atom stereocenters. The molecule has 122 valence electrons. The molecule has 0 aliphatic carbocycles. The van der Waals surface area contributed by atoms with Crippen LogP contribution in [0, 0.1) is 6.92 Å². The quantitative estimate of drug-likeness (QED) is 0.919. The van der Waals surface area contributed by atoms with E-state index in [0.717, 1.165) is 11.3 Å². The van der Waals surface area contributed by atoms with E-state index in [4.69, 9.17) is 0 Å². The molecule has 1 aliphatic rings. The molecular formula is C17H21N3O2S. The second kappa shape index (κ2) is 6.28. The van der Waals surface area contributed by atoms with E-state index in [1.165, 1.54) is 10.7 Å². The van der Waals surface area contributed by atoms with Crippen molar-refractivity contribution < 1.29 is 4.79 Å². The van der Waals surface area contributed by atoms with Crippen molar-refractivity contribution in [2.24, 2.45) is 0 Å². The second-order valence-electron chi connectivity index (χ2n) is 6.15. The minimum atomic E-state index is -0.218. The van der Waals surface area contributed by atoms with Crippen LogP contribution >= 0.6 is 11.8 Å². The summed E-state index contributed by atoms with van der Waals surface area (Å²) in [7, 11) is 0. The normalized spacial score (nSPS) is 21.4. The topological polar surface area (TPSA) is 58.1 Å². The van der Waals surface area contributed by atoms with Gasteiger partial charge in [-0.2, -0.15) is 11.8 Å². The number of carbonyl (C=O) groups excluding carboxylic acids is 1. The Morgan fingerprint density at radius 2 is 1.78 bits per heavy atom. The first-order valence-electron chi connectivity index (χ1n) is 7.78. The standard InChI is InChI=1S/C17H21N3O2S/c1-11-4-6-14(7-5-11)20-16(21)8-15(18-20)17(22)19-9-12(2)23-13(3)10-19/h4-8,12-13,18H,9-10H2,1-3H3/t12-,13-/m0/s1. The highest BCUT2D eigenvalue weighted by Crippen LogP contribution is 2.25. The highest BCUT2D eigenvalue weighted by atomic mass is 32.2. The molecule has 3 rings (SSSR count). The van der Waals surface area contributed by atoms with Crippen molar-refractivity contribution in [3.63, 3.8) is 0 Å². The zero-order valence-corrected chi connectivity index (χ0v) is 14.4. The number of nitrogens with zero attached hydrogens (tertiary/aromatic N) is 2. The zero-order valence-electron chi connectivity index (χ0n) is 13.6. The number of aryl methyl sites for hydroxylation is 1. The summed E-state index contributed by atoms with van der Waals surface area (Å²) in [6.45, 7) is 7.67. The van der Waals surface area contributed by atoms with Gasteiger partial charge in [-0.3, -0.25) is 14.7 Å². The number of aromatic nitrogens is 2. The van der Waals surface area contributed by atoms with Crippen LogP contribution in [0.1, 0.15) is 29.9 Å². The maximum absolute atomic E-state index is 12.7. The summed E-state index contributed by atoms with van der Waals surface area (Å²) in [5, 5.41) is 3.77. The summed E-state index contributed by atoms with van der Waals surface area (Å²) in [6, 6.07) is 9.00. The zero-order chi connectivity index (χ0) is 16.6. The Morgan fingerprint density at radius 1 is 1.17 bits per heavy atom. The third-order valence-electron chi connectivity index (χ3n) is 3.95. The number of aromatic amines is 1. The smallest absolute Gasteiger partial charge is 0.272 e. The first-order valence-corrected chi connectivity index (χ1v) is 8.72. The minimum absolute atomic E-state index is 0.105. The SMILES string of the molecule is Cc1ccc(-n2[nH]c(C(=O)N3C[C@H](C)S[C@@H](C)C3)cc2=O)cc1. The van der Waals surface area contributed by atoms with Crippen molar-refractivity contribution in [1.29, 1.82) is 0 Å². The van der Waals surface area contributed by atoms with E-state index < -0.39 is 0 Å². The monoisotopic (exact) mass is 331 g/mol. The van der Waals surface area contributed by atoms with Crippen molar-refractivity contribution in [2.45, 2.75) is 31.3 Å². The second-order valence-corrected chi connectivity index (χ2v) is 8.03. The molecule has 1 saturated heterocycles. The van der Waals surface area contributed by atoms with Crippen molar-refractivity contribution in [3.8, 4) is 5.69 Å². The summed E-state index contributed by atoms with van der Waals surface area (Å²) in [5.41, 5.74) is 1.99. The highest BCUT2D eigenvalue weighted by Gasteiger charge is 2.27. The first-order chi connectivity index (χ1) is 10.9. The van der Waals surface area contributed by atoms with E-state index in [9.17, 15) is 9.59 Å². The lowest BCUT2D eigenvalue weighted by Gasteiger charge is -2.34. The fourth-order valence-electron chi connectivity index (χ4n) is 2.91. The molecule has 1 amide bonds. The van der Waals surface area contributed by atoms with Crippen LogP contribution in [-0.2, 0) is 0 Å². The largest absolute Gasteiger partial charge is 0.335 e. The summed E-state index contributed by atoms with van der Waals surface area (Å²) >= 11 is 1.89. The van der Waals surface area contributed by atoms with Gasteiger partial charge in [-0.05, 0) is 19.1 Å². The number of hydrogen-bond donors (Lipinski definition) is 1. The Hall–Kier alpha value is -1.95. The van der Waals surface area contributed by atoms with E-state index in [2.05, 4.69) is 18.9 Å². The fraction of sp³-hybridized carbons (Fsp3) is 0.412. The molecule has 0 saturated carbocycles. The van der Waals surface area contributed by atoms with E-state index >= 15 is 0 Å². The molecule has 0 spiro atoms. The van der Waals surface area contributed by atoms with Crippen LogP contribution < -0.4 is 5.56 Å². The van der Waals surface area contributed by atoms with Crippen LogP contribution in [0.15, 0.2) is 35.1 Å². The van der Waals surface area contributed by atoms with Crippen LogP contribution in [0.3, 0.4) is 0 Å². The van der Waals surface area contributed by atoms with E-state index in [0.29, 0.717) is 29.3 Å². The Kier molecular flexibility index (Phi) is 4.35. The Balaban J connectivity index is 1.87. The molecule has 0 bridgehead atoms. The molecule has 2 atom stereocenters. The van der Waals surface area contributed by atoms with Gasteiger partial charge in [-0.15, -0.1) is 0 Å². The van der Waals surface area contributed by atoms with Crippen LogP contribution in [0.5, 0.6) is 0 Å². The van der Waals surface area contributed by atoms with Crippen LogP contribution in [0.2, 0.25) is 0 Å². The lowest BCUT2D eigenvalue weighted by atomic mass is 10.2. The van der Waals surface area contributed by atoms with Crippen LogP contribution in [0.25, 0.3) is 5.69 Å². The highest BCUT2D eigenvalue weighted by molar-refractivity contribution is 8.00. The summed E-state index contributed by atoms with van der Waals surface area (Å²) in [6.07, 6.45) is 0. The van der Waals surface area contributed by atoms with Gasteiger partial charge in [0.2, 0.25) is 0 Å². The van der Waals surface area contributed by atoms with Gasteiger partial charge in [0.25, 0.3) is 11.5 Å². The third-order valence-corrected chi connectivity index (χ3v) is 5.18. The Labute approximate surface area is 139 Å². The molecule has 23 heavy (non-hydrogen) atoms. The molecule has 2 heterocycles. The van der Waals surface area contributed by atoms with Gasteiger partial charge in [-0.1, -0.05) is 31.5 Å². The van der Waals surface area contributed by atoms with Crippen LogP contribution in [0.4, 0.5) is 0 Å². The molecule has 1 aromatic carbocycles. The van der Waals surface area contributed by atoms with Crippen molar-refractivity contribution in [2.75, 3.05) is 13.1 Å². The third kappa shape index (κ3) is 3.37. The molecule has 1 N–H and O–H groups in total. The van der Waals surface area contributed by atoms with Crippen molar-refractivity contribution >= 4 is 17.7 Å². The first kappa shape index (κ1) is 15.9. The number of H-pyrrole nitrogens is 1. The summed E-state index contributed by atoms with van der Waals surface area (Å²) in [4.78, 5) is 26.7. The molecule has 6 heteroatoms. The van der Waals surface area contributed by atoms with Gasteiger partial charge in [0.15, 0.2) is 0 Å². The fourth-order valence-corrected chi connectivity index (χ4v) is 4.23. The predicted molar refractivity (Wildman–Crippen MR) is 93.5 cm³/mol. The van der Waals surface area contributed by atoms with E-state index in [-0.39, 0.29) is 11.5 Å². The number of carbonyl (C=O) groups is 1. The number of benzene rings is 1. The van der Waals surface area contributed by atoms with E-state index in [1.54, 1.807) is 0 Å². The number of amides is 1. The van der Waals surface area contributed by atoms with Crippen molar-refractivity contribution in [3.05, 3.63) is 51.9 Å². The van der Waals surface area contributed by atoms with Gasteiger partial charge >= 0.3 is 0 Å². The number of rotatable bonds is 2. The number of nitrogens with one attached hydrogen (secondary N) is 1. The molecule has 1 aliphatic heterocycles. The average molecular weight is 331 g/mol. The lowest BCUT2D eigenvalue weighted by molar-refractivity contribution is 0.0747. The summed E-state index contributed by atoms with van der Waals surface area (Å²) in [5.74, 6) is -0.105. The van der Waals surface area contributed by atoms with Gasteiger partial charge in [0.05, 0.1) is 5.69 Å². The maximum atomic E-state index is 12.7. The molecule has 1 fully saturated rings. The molecule has 2 aromatic rings. The maximum Gasteiger partial charge on any atom is 0.272 e. The molecular weight excluding hydrogens is 310 g/mol. The lowest BCUT2D eigenvalue weighted by Crippen LogP contribution is -2.44. The van der Waals surface area contributed by atoms with Gasteiger partial charge in [-0.25, -0.2) is 4.68 Å². The Bertz CT molecular complexity index is 753. The average Bonchev–Trinajstić information content (AvgIpc) is 2.88. The molecule has 5 nitrogen and oxygen atoms in total. The molecule has 0 radical (unpaired) electrons. The predicted octanol–water partition coefficient (Wildman–Crippen LogP) is 2.44. The summed E-state index contributed by atoms with van der Waals surface area (Å²) < 4.78 is 1.41. The van der Waals surface area contributed by atoms with Gasteiger partial charge in [0, 0.05) is 29.7 Å². The van der Waals surface area contributed by atoms with E-state index in [1.807, 2.05) is 47.9 Å². The van der Waals surface area contributed by atoms with Crippen LogP contribution in [-0.4, -0.2) is 44.2 Å². The van der Waals surface area contributed by atoms with Crippen molar-refractivity contribution in [1.82, 2.24) is 14.7 Å².